The molecule has 0 radical (unpaired) electrons. The van der Waals surface area contributed by atoms with Crippen LogP contribution in [-0.2, 0) is 4.79 Å². The van der Waals surface area contributed by atoms with Crippen molar-refractivity contribution in [3.63, 3.8) is 0 Å². The molecular formula is C13H19NO4. The van der Waals surface area contributed by atoms with Gasteiger partial charge in [-0.3, -0.25) is 4.79 Å². The number of hydrogen-bond acceptors (Lipinski definition) is 4. The Morgan fingerprint density at radius 2 is 1.94 bits per heavy atom. The lowest BCUT2D eigenvalue weighted by atomic mass is 10.2. The van der Waals surface area contributed by atoms with E-state index < -0.39 is 0 Å². The summed E-state index contributed by atoms with van der Waals surface area (Å²) in [6.07, 6.45) is 0.685. The maximum absolute atomic E-state index is 11.5. The van der Waals surface area contributed by atoms with Crippen molar-refractivity contribution in [2.75, 3.05) is 20.3 Å². The minimum absolute atomic E-state index is 0.0647. The van der Waals surface area contributed by atoms with Gasteiger partial charge in [0, 0.05) is 0 Å². The number of aliphatic hydroxyl groups is 1. The van der Waals surface area contributed by atoms with E-state index in [4.69, 9.17) is 14.6 Å². The van der Waals surface area contributed by atoms with Gasteiger partial charge in [0.15, 0.2) is 6.61 Å². The lowest BCUT2D eigenvalue weighted by Gasteiger charge is -2.14. The van der Waals surface area contributed by atoms with Crippen LogP contribution in [0, 0.1) is 0 Å². The third kappa shape index (κ3) is 4.63. The maximum atomic E-state index is 11.5. The van der Waals surface area contributed by atoms with E-state index in [1.807, 2.05) is 6.92 Å². The molecule has 0 aliphatic carbocycles. The molecule has 1 unspecified atom stereocenters. The van der Waals surface area contributed by atoms with Crippen molar-refractivity contribution in [3.05, 3.63) is 24.3 Å². The fourth-order valence-corrected chi connectivity index (χ4v) is 1.37. The summed E-state index contributed by atoms with van der Waals surface area (Å²) in [5.74, 6) is 1.09. The maximum Gasteiger partial charge on any atom is 0.258 e. The predicted octanol–water partition coefficient (Wildman–Crippen LogP) is 0.961. The van der Waals surface area contributed by atoms with E-state index in [0.717, 1.165) is 5.75 Å². The SMILES string of the molecule is CCC(CO)NC(=O)COc1ccc(OC)cc1. The molecule has 2 N–H and O–H groups in total. The summed E-state index contributed by atoms with van der Waals surface area (Å²) in [5.41, 5.74) is 0. The van der Waals surface area contributed by atoms with Crippen molar-refractivity contribution < 1.29 is 19.4 Å². The second-order valence-corrected chi connectivity index (χ2v) is 3.82. The van der Waals surface area contributed by atoms with Gasteiger partial charge in [0.25, 0.3) is 5.91 Å². The highest BCUT2D eigenvalue weighted by Gasteiger charge is 2.09. The van der Waals surface area contributed by atoms with Gasteiger partial charge < -0.3 is 19.9 Å². The first-order chi connectivity index (χ1) is 8.69. The van der Waals surface area contributed by atoms with Crippen LogP contribution in [0.2, 0.25) is 0 Å². The van der Waals surface area contributed by atoms with Crippen molar-refractivity contribution >= 4 is 5.91 Å². The highest BCUT2D eigenvalue weighted by atomic mass is 16.5. The summed E-state index contributed by atoms with van der Waals surface area (Å²) in [5, 5.41) is 11.6. The Morgan fingerprint density at radius 3 is 2.44 bits per heavy atom. The van der Waals surface area contributed by atoms with Gasteiger partial charge in [-0.1, -0.05) is 6.92 Å². The normalized spacial score (nSPS) is 11.7. The van der Waals surface area contributed by atoms with Gasteiger partial charge in [-0.15, -0.1) is 0 Å². The Kier molecular flexibility index (Phi) is 6.00. The number of aliphatic hydroxyl groups excluding tert-OH is 1. The number of carbonyl (C=O) groups is 1. The van der Waals surface area contributed by atoms with Crippen LogP contribution in [0.15, 0.2) is 24.3 Å². The molecule has 1 rings (SSSR count). The van der Waals surface area contributed by atoms with E-state index in [1.165, 1.54) is 0 Å². The fourth-order valence-electron chi connectivity index (χ4n) is 1.37. The zero-order valence-corrected chi connectivity index (χ0v) is 10.7. The topological polar surface area (TPSA) is 67.8 Å². The van der Waals surface area contributed by atoms with Gasteiger partial charge >= 0.3 is 0 Å². The standard InChI is InChI=1S/C13H19NO4/c1-3-10(8-15)14-13(16)9-18-12-6-4-11(17-2)5-7-12/h4-7,10,15H,3,8-9H2,1-2H3,(H,14,16). The number of carbonyl (C=O) groups excluding carboxylic acids is 1. The van der Waals surface area contributed by atoms with E-state index in [1.54, 1.807) is 31.4 Å². The molecule has 1 aromatic carbocycles. The molecular weight excluding hydrogens is 234 g/mol. The first-order valence-electron chi connectivity index (χ1n) is 5.86. The van der Waals surface area contributed by atoms with Crippen molar-refractivity contribution in [2.45, 2.75) is 19.4 Å². The van der Waals surface area contributed by atoms with Crippen molar-refractivity contribution in [3.8, 4) is 11.5 Å². The van der Waals surface area contributed by atoms with E-state index >= 15 is 0 Å². The first-order valence-corrected chi connectivity index (χ1v) is 5.86. The highest BCUT2D eigenvalue weighted by Crippen LogP contribution is 2.16. The van der Waals surface area contributed by atoms with Crippen molar-refractivity contribution in [2.24, 2.45) is 0 Å². The van der Waals surface area contributed by atoms with E-state index in [9.17, 15) is 4.79 Å². The van der Waals surface area contributed by atoms with Crippen LogP contribution < -0.4 is 14.8 Å². The third-order valence-corrected chi connectivity index (χ3v) is 2.51. The second kappa shape index (κ2) is 7.55. The number of rotatable bonds is 7. The molecule has 1 amide bonds. The summed E-state index contributed by atoms with van der Waals surface area (Å²) >= 11 is 0. The molecule has 1 aromatic rings. The molecule has 0 spiro atoms. The summed E-state index contributed by atoms with van der Waals surface area (Å²) < 4.78 is 10.3. The Bertz CT molecular complexity index is 360. The summed E-state index contributed by atoms with van der Waals surface area (Å²) in [7, 11) is 1.59. The quantitative estimate of drug-likeness (QED) is 0.759. The van der Waals surface area contributed by atoms with Crippen LogP contribution in [0.5, 0.6) is 11.5 Å². The van der Waals surface area contributed by atoms with Crippen LogP contribution in [0.3, 0.4) is 0 Å². The van der Waals surface area contributed by atoms with Crippen molar-refractivity contribution in [1.29, 1.82) is 0 Å². The van der Waals surface area contributed by atoms with E-state index in [2.05, 4.69) is 5.32 Å². The van der Waals surface area contributed by atoms with E-state index in [-0.39, 0.29) is 25.2 Å². The summed E-state index contributed by atoms with van der Waals surface area (Å²) in [6, 6.07) is 6.77. The van der Waals surface area contributed by atoms with Gasteiger partial charge in [-0.2, -0.15) is 0 Å². The Balaban J connectivity index is 2.37. The Hall–Kier alpha value is -1.75. The number of ether oxygens (including phenoxy) is 2. The molecule has 0 saturated heterocycles. The molecule has 18 heavy (non-hydrogen) atoms. The molecule has 0 fully saturated rings. The number of methoxy groups -OCH3 is 1. The fraction of sp³-hybridized carbons (Fsp3) is 0.462. The number of benzene rings is 1. The lowest BCUT2D eigenvalue weighted by molar-refractivity contribution is -0.124. The predicted molar refractivity (Wildman–Crippen MR) is 67.8 cm³/mol. The van der Waals surface area contributed by atoms with Crippen LogP contribution >= 0.6 is 0 Å². The molecule has 5 heteroatoms. The minimum Gasteiger partial charge on any atom is -0.497 e. The largest absolute Gasteiger partial charge is 0.497 e. The lowest BCUT2D eigenvalue weighted by Crippen LogP contribution is -2.39. The zero-order valence-electron chi connectivity index (χ0n) is 10.7. The number of amides is 1. The third-order valence-electron chi connectivity index (χ3n) is 2.51. The summed E-state index contributed by atoms with van der Waals surface area (Å²) in [6.45, 7) is 1.76. The Morgan fingerprint density at radius 1 is 1.33 bits per heavy atom. The van der Waals surface area contributed by atoms with Crippen LogP contribution in [0.25, 0.3) is 0 Å². The average molecular weight is 253 g/mol. The average Bonchev–Trinajstić information content (AvgIpc) is 2.43. The van der Waals surface area contributed by atoms with Crippen LogP contribution in [0.4, 0.5) is 0 Å². The highest BCUT2D eigenvalue weighted by molar-refractivity contribution is 5.77. The van der Waals surface area contributed by atoms with Crippen LogP contribution in [-0.4, -0.2) is 37.4 Å². The molecule has 0 aliphatic rings. The minimum atomic E-state index is -0.244. The van der Waals surface area contributed by atoms with Gasteiger partial charge in [0.2, 0.25) is 0 Å². The monoisotopic (exact) mass is 253 g/mol. The first kappa shape index (κ1) is 14.3. The number of hydrogen-bond donors (Lipinski definition) is 2. The van der Waals surface area contributed by atoms with Gasteiger partial charge in [-0.05, 0) is 30.7 Å². The summed E-state index contributed by atoms with van der Waals surface area (Å²) in [4.78, 5) is 11.5. The zero-order chi connectivity index (χ0) is 13.4. The van der Waals surface area contributed by atoms with Crippen molar-refractivity contribution in [1.82, 2.24) is 5.32 Å². The molecule has 0 bridgehead atoms. The van der Waals surface area contributed by atoms with Gasteiger partial charge in [0.1, 0.15) is 11.5 Å². The molecule has 0 heterocycles. The molecule has 0 saturated carbocycles. The molecule has 5 nitrogen and oxygen atoms in total. The molecule has 0 aliphatic heterocycles. The van der Waals surface area contributed by atoms with Gasteiger partial charge in [0.05, 0.1) is 19.8 Å². The van der Waals surface area contributed by atoms with Crippen LogP contribution in [0.1, 0.15) is 13.3 Å². The second-order valence-electron chi connectivity index (χ2n) is 3.82. The number of nitrogens with one attached hydrogen (secondary N) is 1. The molecule has 1 atom stereocenters. The molecule has 100 valence electrons. The van der Waals surface area contributed by atoms with E-state index in [0.29, 0.717) is 12.2 Å². The smallest absolute Gasteiger partial charge is 0.258 e. The van der Waals surface area contributed by atoms with Gasteiger partial charge in [-0.25, -0.2) is 0 Å². The molecule has 0 aromatic heterocycles. The Labute approximate surface area is 107 Å².